The predicted molar refractivity (Wildman–Crippen MR) is 240 cm³/mol. The lowest BCUT2D eigenvalue weighted by Gasteiger charge is -2.47. The third-order valence-electron chi connectivity index (χ3n) is 12.4. The maximum atomic E-state index is 4.76. The monoisotopic (exact) mass is 846 g/mol. The van der Waals surface area contributed by atoms with Gasteiger partial charge in [0.25, 0.3) is 0 Å². The highest BCUT2D eigenvalue weighted by molar-refractivity contribution is 6.91. The number of hydrogen-bond acceptors (Lipinski definition) is 0. The van der Waals surface area contributed by atoms with Crippen molar-refractivity contribution in [2.24, 2.45) is 0 Å². The van der Waals surface area contributed by atoms with E-state index in [4.69, 9.17) is 46.4 Å². The lowest BCUT2D eigenvalue weighted by molar-refractivity contribution is -0.700. The Kier molecular flexibility index (Phi) is 9.62. The lowest BCUT2D eigenvalue weighted by Crippen LogP contribution is -2.96. The molecule has 6 aliphatic rings. The maximum absolute atomic E-state index is 4.76. The van der Waals surface area contributed by atoms with Crippen LogP contribution in [0.4, 0.5) is 0 Å². The molecule has 0 amide bonds. The van der Waals surface area contributed by atoms with Gasteiger partial charge >= 0.3 is 27.9 Å². The van der Waals surface area contributed by atoms with Gasteiger partial charge in [0.2, 0.25) is 0 Å². The molecule has 5 aromatic rings. The highest BCUT2D eigenvalue weighted by atomic mass is 35.5. The van der Waals surface area contributed by atoms with Crippen molar-refractivity contribution < 1.29 is 18.4 Å². The van der Waals surface area contributed by atoms with Crippen LogP contribution in [-0.4, -0.2) is 89.3 Å². The minimum absolute atomic E-state index is 0.194. The molecule has 4 bridgehead atoms. The summed E-state index contributed by atoms with van der Waals surface area (Å²) in [5, 5.41) is 6.68. The molecule has 0 spiro atoms. The van der Waals surface area contributed by atoms with E-state index in [0.717, 1.165) is 0 Å². The number of nitrogens with zero attached hydrogens (tertiary/aromatic N) is 8. The highest BCUT2D eigenvalue weighted by Gasteiger charge is 2.52. The Morgan fingerprint density at radius 2 is 0.577 bits per heavy atom. The van der Waals surface area contributed by atoms with Crippen LogP contribution in [0.5, 0.6) is 0 Å². The Morgan fingerprint density at radius 3 is 0.731 bits per heavy atom. The van der Waals surface area contributed by atoms with Crippen LogP contribution >= 0.6 is 46.4 Å². The molecule has 278 valence electrons. The first-order valence-corrected chi connectivity index (χ1v) is 35.0. The van der Waals surface area contributed by atoms with Crippen LogP contribution < -0.4 is 61.0 Å². The first-order chi connectivity index (χ1) is 24.1. The SMILES string of the molecule is C[Si](C)(C)c1cn2[n+](c1)[B@H-]1c3cc4c(cc3[B@@H-]2[n+]2cc([Si](C)(C)C)cn21)[B@@H-]1n2cc([Si](C)(C)C)c[n+]2[B@H-]4n2cc([Si](C)(C)C)c[n+]21.ClCCl.ClCCl. The summed E-state index contributed by atoms with van der Waals surface area (Å²) in [4.78, 5) is 0. The second-order valence-corrected chi connectivity index (χ2v) is 41.7. The lowest BCUT2D eigenvalue weighted by atomic mass is 9.44. The minimum atomic E-state index is -1.48. The average Bonchev–Trinajstić information content (AvgIpc) is 3.82. The van der Waals surface area contributed by atoms with Gasteiger partial charge < -0.3 is 36.7 Å². The Bertz CT molecular complexity index is 1820. The van der Waals surface area contributed by atoms with Crippen molar-refractivity contribution in [3.8, 4) is 0 Å². The van der Waals surface area contributed by atoms with Gasteiger partial charge in [-0.25, -0.2) is 0 Å². The van der Waals surface area contributed by atoms with E-state index in [-0.39, 0.29) is 10.7 Å². The zero-order valence-electron chi connectivity index (χ0n) is 33.1. The maximum Gasteiger partial charge on any atom is 0.452 e. The molecule has 4 aromatic heterocycles. The molecule has 0 aliphatic carbocycles. The largest absolute Gasteiger partial charge is 0.452 e. The zero-order chi connectivity index (χ0) is 38.0. The Balaban J connectivity index is 0.000000658. The average molecular weight is 848 g/mol. The predicted octanol–water partition coefficient (Wildman–Crippen LogP) is -1.58. The van der Waals surface area contributed by atoms with Crippen LogP contribution in [0.25, 0.3) is 0 Å². The van der Waals surface area contributed by atoms with E-state index in [9.17, 15) is 0 Å². The van der Waals surface area contributed by atoms with Gasteiger partial charge in [-0.1, -0.05) is 78.6 Å². The van der Waals surface area contributed by atoms with Gasteiger partial charge in [-0.3, -0.25) is 0 Å². The minimum Gasteiger partial charge on any atom is -0.341 e. The molecule has 0 unspecified atom stereocenters. The van der Waals surface area contributed by atoms with Crippen LogP contribution in [-0.2, 0) is 0 Å². The first kappa shape index (κ1) is 38.6. The fourth-order valence-electron chi connectivity index (χ4n) is 9.59. The van der Waals surface area contributed by atoms with Crippen molar-refractivity contribution >= 4 is 149 Å². The summed E-state index contributed by atoms with van der Waals surface area (Å²) in [7, 11) is -5.92. The smallest absolute Gasteiger partial charge is 0.341 e. The summed E-state index contributed by atoms with van der Waals surface area (Å²) in [6.07, 6.45) is 20.4. The zero-order valence-corrected chi connectivity index (χ0v) is 40.1. The van der Waals surface area contributed by atoms with Crippen molar-refractivity contribution in [1.82, 2.24) is 18.4 Å². The summed E-state index contributed by atoms with van der Waals surface area (Å²) in [6.45, 7) is 25.9. The molecule has 0 saturated heterocycles. The number of halogens is 4. The molecule has 8 nitrogen and oxygen atoms in total. The fraction of sp³-hybridized carbons (Fsp3) is 0.438. The second kappa shape index (κ2) is 13.0. The molecule has 0 atom stereocenters. The quantitative estimate of drug-likeness (QED) is 0.152. The Hall–Kier alpha value is -1.65. The molecule has 0 radical (unpaired) electrons. The van der Waals surface area contributed by atoms with E-state index in [1.807, 2.05) is 0 Å². The summed E-state index contributed by atoms with van der Waals surface area (Å²) in [5.41, 5.74) is 6.45. The third-order valence-corrected chi connectivity index (χ3v) is 20.4. The topological polar surface area (TPSA) is 35.2 Å². The molecule has 52 heavy (non-hydrogen) atoms. The fourth-order valence-corrected chi connectivity index (χ4v) is 13.9. The molecule has 0 fully saturated rings. The molecule has 0 saturated carbocycles. The second-order valence-electron chi connectivity index (χ2n) is 19.8. The summed E-state index contributed by atoms with van der Waals surface area (Å²) < 4.78 is 21.5. The normalized spacial score (nSPS) is 20.5. The van der Waals surface area contributed by atoms with Crippen LogP contribution in [0, 0.1) is 0 Å². The summed E-state index contributed by atoms with van der Waals surface area (Å²) in [6, 6.07) is 5.46. The summed E-state index contributed by atoms with van der Waals surface area (Å²) >= 11 is 19.1. The van der Waals surface area contributed by atoms with Crippen LogP contribution in [0.1, 0.15) is 0 Å². The van der Waals surface area contributed by atoms with E-state index in [1.54, 1.807) is 42.6 Å². The molecule has 1 aromatic carbocycles. The number of rotatable bonds is 4. The third kappa shape index (κ3) is 6.00. The molecular formula is C32H54B4Cl4N8Si4. The van der Waals surface area contributed by atoms with Crippen molar-refractivity contribution in [2.45, 2.75) is 78.6 Å². The van der Waals surface area contributed by atoms with Gasteiger partial charge in [-0.15, -0.1) is 80.4 Å². The number of alkyl halides is 4. The standard InChI is InChI=1S/C30H50B4N8Si4.2CH2Cl2/c1-43(2,3)23-15-35-31-27-13-29-30(14-28(27)32(36(35)16-23)38-18-24(17-37(31)38)44(4,5)6)34-40-20-25(45(7,8)9)19-39(40)33(29)41-21-26(22-42(34)41)46(10,11)12;2*2-1-3/h13-22,31-34H,1-12H3;2*1H2/t31-,32+,33-,34+;;. The van der Waals surface area contributed by atoms with Crippen molar-refractivity contribution in [3.05, 3.63) is 61.7 Å². The highest BCUT2D eigenvalue weighted by Crippen LogP contribution is 2.12. The van der Waals surface area contributed by atoms with Crippen molar-refractivity contribution in [1.29, 1.82) is 0 Å². The molecule has 10 heterocycles. The molecular weight excluding hydrogens is 794 g/mol. The van der Waals surface area contributed by atoms with E-state index < -0.39 is 60.2 Å². The van der Waals surface area contributed by atoms with Gasteiger partial charge in [-0.05, 0) is 0 Å². The van der Waals surface area contributed by atoms with Gasteiger partial charge in [0.1, 0.15) is 24.8 Å². The van der Waals surface area contributed by atoms with E-state index in [1.165, 1.54) is 0 Å². The summed E-state index contributed by atoms with van der Waals surface area (Å²) in [5.74, 6) is 0. The number of hydrogen-bond donors (Lipinski definition) is 0. The van der Waals surface area contributed by atoms with Crippen LogP contribution in [0.2, 0.25) is 78.6 Å². The first-order valence-electron chi connectivity index (χ1n) is 18.8. The Labute approximate surface area is 334 Å². The molecule has 20 heteroatoms. The molecule has 6 aliphatic heterocycles. The van der Waals surface area contributed by atoms with E-state index in [2.05, 4.69) is 177 Å². The number of benzene rings is 1. The molecule has 11 rings (SSSR count). The van der Waals surface area contributed by atoms with Gasteiger partial charge in [0.05, 0.1) is 43.0 Å². The van der Waals surface area contributed by atoms with Gasteiger partial charge in [0, 0.05) is 45.5 Å². The van der Waals surface area contributed by atoms with E-state index in [0.29, 0.717) is 0 Å². The van der Waals surface area contributed by atoms with Gasteiger partial charge in [-0.2, -0.15) is 0 Å². The van der Waals surface area contributed by atoms with E-state index >= 15 is 0 Å². The van der Waals surface area contributed by atoms with Crippen LogP contribution in [0.15, 0.2) is 61.7 Å². The van der Waals surface area contributed by atoms with Crippen LogP contribution in [0.3, 0.4) is 0 Å². The van der Waals surface area contributed by atoms with Crippen molar-refractivity contribution in [2.75, 3.05) is 10.7 Å². The van der Waals surface area contributed by atoms with Gasteiger partial charge in [0.15, 0.2) is 0 Å². The molecule has 0 N–H and O–H groups in total. The number of aromatic nitrogens is 8. The Morgan fingerprint density at radius 1 is 0.404 bits per heavy atom. The van der Waals surface area contributed by atoms with Crippen molar-refractivity contribution in [3.63, 3.8) is 0 Å².